The molecule has 0 fully saturated rings. The van der Waals surface area contributed by atoms with Crippen molar-refractivity contribution >= 4 is 18.0 Å². The third-order valence-electron chi connectivity index (χ3n) is 2.95. The summed E-state index contributed by atoms with van der Waals surface area (Å²) in [6.07, 6.45) is 0.118. The van der Waals surface area contributed by atoms with Crippen LogP contribution in [0.5, 0.6) is 0 Å². The van der Waals surface area contributed by atoms with Crippen LogP contribution in [0, 0.1) is 0 Å². The summed E-state index contributed by atoms with van der Waals surface area (Å²) in [7, 11) is 2.48. The maximum absolute atomic E-state index is 11.8. The third kappa shape index (κ3) is 6.25. The third-order valence-corrected chi connectivity index (χ3v) is 2.95. The molecule has 1 aromatic rings. The predicted octanol–water partition coefficient (Wildman–Crippen LogP) is 0.981. The molecular formula is C15H20N2O5. The molecular weight excluding hydrogens is 288 g/mol. The van der Waals surface area contributed by atoms with Gasteiger partial charge in [0.15, 0.2) is 0 Å². The van der Waals surface area contributed by atoms with Crippen molar-refractivity contribution in [1.82, 2.24) is 10.6 Å². The van der Waals surface area contributed by atoms with Gasteiger partial charge in [-0.25, -0.2) is 9.59 Å². The van der Waals surface area contributed by atoms with Gasteiger partial charge in [-0.1, -0.05) is 30.3 Å². The van der Waals surface area contributed by atoms with Crippen LogP contribution in [0.4, 0.5) is 4.79 Å². The van der Waals surface area contributed by atoms with Crippen molar-refractivity contribution in [2.24, 2.45) is 0 Å². The average Bonchev–Trinajstić information content (AvgIpc) is 2.56. The molecule has 0 heterocycles. The minimum absolute atomic E-state index is 0.00916. The molecule has 120 valence electrons. The topological polar surface area (TPSA) is 93.7 Å². The van der Waals surface area contributed by atoms with Crippen molar-refractivity contribution in [3.8, 4) is 0 Å². The van der Waals surface area contributed by atoms with Crippen LogP contribution in [-0.2, 0) is 25.6 Å². The Bertz CT molecular complexity index is 504. The molecule has 0 radical (unpaired) electrons. The van der Waals surface area contributed by atoms with Crippen LogP contribution in [0.3, 0.4) is 0 Å². The Kier molecular flexibility index (Phi) is 7.45. The number of carbonyl (C=O) groups is 3. The second-order valence-corrected chi connectivity index (χ2v) is 4.50. The number of hydrogen-bond acceptors (Lipinski definition) is 5. The second-order valence-electron chi connectivity index (χ2n) is 4.50. The van der Waals surface area contributed by atoms with Crippen molar-refractivity contribution in [3.05, 3.63) is 35.9 Å². The lowest BCUT2D eigenvalue weighted by atomic mass is 10.1. The van der Waals surface area contributed by atoms with Crippen LogP contribution < -0.4 is 10.6 Å². The van der Waals surface area contributed by atoms with Crippen molar-refractivity contribution in [2.45, 2.75) is 25.4 Å². The molecule has 2 N–H and O–H groups in total. The summed E-state index contributed by atoms with van der Waals surface area (Å²) in [4.78, 5) is 34.5. The van der Waals surface area contributed by atoms with Crippen molar-refractivity contribution in [3.63, 3.8) is 0 Å². The highest BCUT2D eigenvalue weighted by atomic mass is 16.5. The SMILES string of the molecule is COC(=O)CCC(NC(=O)NCc1ccccc1)C(=O)OC. The van der Waals surface area contributed by atoms with Crippen LogP contribution in [0.1, 0.15) is 18.4 Å². The molecule has 0 bridgehead atoms. The number of methoxy groups -OCH3 is 2. The summed E-state index contributed by atoms with van der Waals surface area (Å²) in [5.41, 5.74) is 0.932. The number of benzene rings is 1. The van der Waals surface area contributed by atoms with E-state index in [1.54, 1.807) is 0 Å². The number of carbonyl (C=O) groups excluding carboxylic acids is 3. The van der Waals surface area contributed by atoms with Gasteiger partial charge in [0.2, 0.25) is 0 Å². The molecule has 7 heteroatoms. The number of ether oxygens (including phenoxy) is 2. The molecule has 1 aromatic carbocycles. The van der Waals surface area contributed by atoms with E-state index in [1.165, 1.54) is 14.2 Å². The van der Waals surface area contributed by atoms with Gasteiger partial charge in [0.05, 0.1) is 14.2 Å². The number of urea groups is 1. The highest BCUT2D eigenvalue weighted by Gasteiger charge is 2.22. The van der Waals surface area contributed by atoms with Gasteiger partial charge in [0, 0.05) is 13.0 Å². The first-order valence-corrected chi connectivity index (χ1v) is 6.79. The standard InChI is InChI=1S/C15H20N2O5/c1-21-13(18)9-8-12(14(19)22-2)17-15(20)16-10-11-6-4-3-5-7-11/h3-7,12H,8-10H2,1-2H3,(H2,16,17,20). The van der Waals surface area contributed by atoms with Gasteiger partial charge in [-0.05, 0) is 12.0 Å². The molecule has 1 atom stereocenters. The lowest BCUT2D eigenvalue weighted by Gasteiger charge is -2.16. The Morgan fingerprint density at radius 3 is 2.36 bits per heavy atom. The molecule has 0 saturated carbocycles. The quantitative estimate of drug-likeness (QED) is 0.732. The van der Waals surface area contributed by atoms with E-state index in [9.17, 15) is 14.4 Å². The number of amides is 2. The monoisotopic (exact) mass is 308 g/mol. The highest BCUT2D eigenvalue weighted by molar-refractivity contribution is 5.84. The van der Waals surface area contributed by atoms with Crippen LogP contribution in [0.25, 0.3) is 0 Å². The van der Waals surface area contributed by atoms with Gasteiger partial charge >= 0.3 is 18.0 Å². The van der Waals surface area contributed by atoms with Gasteiger partial charge < -0.3 is 20.1 Å². The summed E-state index contributed by atoms with van der Waals surface area (Å²) in [6, 6.07) is 7.93. The normalized spacial score (nSPS) is 11.2. The van der Waals surface area contributed by atoms with Crippen molar-refractivity contribution < 1.29 is 23.9 Å². The van der Waals surface area contributed by atoms with E-state index in [4.69, 9.17) is 0 Å². The Balaban J connectivity index is 2.48. The fourth-order valence-corrected chi connectivity index (χ4v) is 1.74. The van der Waals surface area contributed by atoms with Crippen LogP contribution in [0.2, 0.25) is 0 Å². The van der Waals surface area contributed by atoms with E-state index in [0.29, 0.717) is 6.54 Å². The van der Waals surface area contributed by atoms with E-state index >= 15 is 0 Å². The van der Waals surface area contributed by atoms with Crippen molar-refractivity contribution in [1.29, 1.82) is 0 Å². The van der Waals surface area contributed by atoms with E-state index in [2.05, 4.69) is 20.1 Å². The Hall–Kier alpha value is -2.57. The number of nitrogens with one attached hydrogen (secondary N) is 2. The smallest absolute Gasteiger partial charge is 0.328 e. The minimum atomic E-state index is -0.903. The fraction of sp³-hybridized carbons (Fsp3) is 0.400. The van der Waals surface area contributed by atoms with Crippen molar-refractivity contribution in [2.75, 3.05) is 14.2 Å². The van der Waals surface area contributed by atoms with Crippen LogP contribution >= 0.6 is 0 Å². The maximum Gasteiger partial charge on any atom is 0.328 e. The molecule has 1 unspecified atom stereocenters. The minimum Gasteiger partial charge on any atom is -0.469 e. The Morgan fingerprint density at radius 2 is 1.77 bits per heavy atom. The first kappa shape index (κ1) is 17.5. The summed E-state index contributed by atoms with van der Waals surface area (Å²) in [5, 5.41) is 5.12. The molecule has 0 spiro atoms. The summed E-state index contributed by atoms with van der Waals surface area (Å²) < 4.78 is 9.11. The Labute approximate surface area is 129 Å². The zero-order chi connectivity index (χ0) is 16.4. The van der Waals surface area contributed by atoms with Gasteiger partial charge in [0.1, 0.15) is 6.04 Å². The largest absolute Gasteiger partial charge is 0.469 e. The molecule has 22 heavy (non-hydrogen) atoms. The van der Waals surface area contributed by atoms with Crippen LogP contribution in [0.15, 0.2) is 30.3 Å². The van der Waals surface area contributed by atoms with E-state index in [0.717, 1.165) is 5.56 Å². The zero-order valence-corrected chi connectivity index (χ0v) is 12.6. The molecule has 0 aliphatic heterocycles. The summed E-state index contributed by atoms with van der Waals surface area (Å²) >= 11 is 0. The van der Waals surface area contributed by atoms with E-state index in [-0.39, 0.29) is 12.8 Å². The van der Waals surface area contributed by atoms with Gasteiger partial charge in [-0.15, -0.1) is 0 Å². The molecule has 1 rings (SSSR count). The molecule has 0 saturated heterocycles. The number of rotatable bonds is 7. The van der Waals surface area contributed by atoms with Gasteiger partial charge in [0.25, 0.3) is 0 Å². The predicted molar refractivity (Wildman–Crippen MR) is 78.9 cm³/mol. The molecule has 0 aromatic heterocycles. The lowest BCUT2D eigenvalue weighted by Crippen LogP contribution is -2.46. The average molecular weight is 308 g/mol. The second kappa shape index (κ2) is 9.38. The first-order valence-electron chi connectivity index (χ1n) is 6.79. The molecule has 2 amide bonds. The Morgan fingerprint density at radius 1 is 1.09 bits per heavy atom. The van der Waals surface area contributed by atoms with Gasteiger partial charge in [-0.3, -0.25) is 4.79 Å². The molecule has 0 aliphatic rings. The summed E-state index contributed by atoms with van der Waals surface area (Å²) in [5.74, 6) is -1.07. The summed E-state index contributed by atoms with van der Waals surface area (Å²) in [6.45, 7) is 0.331. The first-order chi connectivity index (χ1) is 10.6. The maximum atomic E-state index is 11.8. The lowest BCUT2D eigenvalue weighted by molar-refractivity contribution is -0.144. The zero-order valence-electron chi connectivity index (χ0n) is 12.6. The van der Waals surface area contributed by atoms with E-state index in [1.807, 2.05) is 30.3 Å². The molecule has 7 nitrogen and oxygen atoms in total. The highest BCUT2D eigenvalue weighted by Crippen LogP contribution is 2.02. The fourth-order valence-electron chi connectivity index (χ4n) is 1.74. The van der Waals surface area contributed by atoms with Gasteiger partial charge in [-0.2, -0.15) is 0 Å². The number of esters is 2. The van der Waals surface area contributed by atoms with Crippen LogP contribution in [-0.4, -0.2) is 38.2 Å². The van der Waals surface area contributed by atoms with E-state index < -0.39 is 24.0 Å². The molecule has 0 aliphatic carbocycles. The number of hydrogen-bond donors (Lipinski definition) is 2.